The van der Waals surface area contributed by atoms with E-state index in [1.807, 2.05) is 19.1 Å². The van der Waals surface area contributed by atoms with E-state index in [0.29, 0.717) is 42.9 Å². The van der Waals surface area contributed by atoms with E-state index in [1.54, 1.807) is 16.4 Å². The van der Waals surface area contributed by atoms with Crippen LogP contribution in [0.4, 0.5) is 0 Å². The van der Waals surface area contributed by atoms with E-state index in [2.05, 4.69) is 0 Å². The van der Waals surface area contributed by atoms with E-state index in [1.165, 1.54) is 0 Å². The summed E-state index contributed by atoms with van der Waals surface area (Å²) in [6, 6.07) is 6.99. The molecule has 0 unspecified atom stereocenters. The first-order chi connectivity index (χ1) is 9.48. The van der Waals surface area contributed by atoms with Crippen LogP contribution in [-0.2, 0) is 14.8 Å². The van der Waals surface area contributed by atoms with Crippen molar-refractivity contribution in [2.45, 2.75) is 43.5 Å². The Kier molecular flexibility index (Phi) is 3.42. The number of fused-ring (bicyclic) bond motifs is 2. The zero-order valence-electron chi connectivity index (χ0n) is 11.6. The molecule has 0 radical (unpaired) electrons. The molecule has 3 rings (SSSR count). The minimum absolute atomic E-state index is 0.00208. The van der Waals surface area contributed by atoms with Crippen LogP contribution in [0.3, 0.4) is 0 Å². The number of ketones is 1. The topological polar surface area (TPSA) is 54.5 Å². The zero-order chi connectivity index (χ0) is 14.3. The fourth-order valence-corrected chi connectivity index (χ4v) is 4.94. The molecule has 1 saturated heterocycles. The van der Waals surface area contributed by atoms with E-state index >= 15 is 0 Å². The van der Waals surface area contributed by atoms with E-state index in [4.69, 9.17) is 0 Å². The zero-order valence-corrected chi connectivity index (χ0v) is 12.4. The highest BCUT2D eigenvalue weighted by Gasteiger charge is 2.41. The summed E-state index contributed by atoms with van der Waals surface area (Å²) in [5.74, 6) is 0.395. The van der Waals surface area contributed by atoms with Gasteiger partial charge >= 0.3 is 0 Å². The molecule has 1 saturated carbocycles. The van der Waals surface area contributed by atoms with Gasteiger partial charge in [0.15, 0.2) is 0 Å². The van der Waals surface area contributed by atoms with E-state index in [9.17, 15) is 13.2 Å². The molecule has 20 heavy (non-hydrogen) atoms. The first kappa shape index (κ1) is 13.8. The van der Waals surface area contributed by atoms with Gasteiger partial charge in [-0.05, 0) is 38.3 Å². The van der Waals surface area contributed by atoms with Gasteiger partial charge in [0.2, 0.25) is 10.0 Å². The van der Waals surface area contributed by atoms with E-state index in [-0.39, 0.29) is 12.0 Å². The first-order valence-corrected chi connectivity index (χ1v) is 8.54. The molecule has 0 N–H and O–H groups in total. The summed E-state index contributed by atoms with van der Waals surface area (Å²) in [6.07, 6.45) is 2.56. The maximum atomic E-state index is 12.7. The third kappa shape index (κ3) is 2.29. The molecule has 2 fully saturated rings. The van der Waals surface area contributed by atoms with Crippen LogP contribution < -0.4 is 0 Å². The average Bonchev–Trinajstić information content (AvgIpc) is 2.44. The summed E-state index contributed by atoms with van der Waals surface area (Å²) < 4.78 is 27.1. The van der Waals surface area contributed by atoms with Gasteiger partial charge in [0.25, 0.3) is 0 Å². The highest BCUT2D eigenvalue weighted by atomic mass is 32.2. The van der Waals surface area contributed by atoms with Crippen molar-refractivity contribution in [3.05, 3.63) is 29.8 Å². The van der Waals surface area contributed by atoms with Gasteiger partial charge in [-0.25, -0.2) is 8.42 Å². The molecular weight excluding hydrogens is 274 g/mol. The summed E-state index contributed by atoms with van der Waals surface area (Å²) in [5, 5.41) is 0. The summed E-state index contributed by atoms with van der Waals surface area (Å²) >= 11 is 0. The molecule has 2 bridgehead atoms. The maximum absolute atomic E-state index is 12.7. The SMILES string of the molecule is Cc1ccc(S(=O)(=O)N2CC[C@H]3C[C@@H]2CCC3=O)cc1. The van der Waals surface area contributed by atoms with Crippen LogP contribution in [0, 0.1) is 12.8 Å². The normalized spacial score (nSPS) is 27.6. The molecule has 4 nitrogen and oxygen atoms in total. The number of Topliss-reactive ketones (excluding diaryl/α,β-unsaturated/α-hetero) is 1. The molecular formula is C15H19NO3S. The van der Waals surface area contributed by atoms with Gasteiger partial charge in [-0.3, -0.25) is 4.79 Å². The Hall–Kier alpha value is -1.20. The molecule has 1 aliphatic heterocycles. The number of hydrogen-bond donors (Lipinski definition) is 0. The Morgan fingerprint density at radius 2 is 1.85 bits per heavy atom. The predicted molar refractivity (Wildman–Crippen MR) is 75.8 cm³/mol. The van der Waals surface area contributed by atoms with Crippen molar-refractivity contribution in [1.82, 2.24) is 4.31 Å². The Morgan fingerprint density at radius 3 is 2.55 bits per heavy atom. The van der Waals surface area contributed by atoms with Gasteiger partial charge in [-0.2, -0.15) is 4.31 Å². The molecule has 1 heterocycles. The van der Waals surface area contributed by atoms with Crippen LogP contribution in [0.1, 0.15) is 31.2 Å². The third-order valence-corrected chi connectivity index (χ3v) is 6.43. The van der Waals surface area contributed by atoms with Gasteiger partial charge in [-0.15, -0.1) is 0 Å². The van der Waals surface area contributed by atoms with Gasteiger partial charge in [0.1, 0.15) is 5.78 Å². The van der Waals surface area contributed by atoms with Crippen molar-refractivity contribution >= 4 is 15.8 Å². The fourth-order valence-electron chi connectivity index (χ4n) is 3.26. The van der Waals surface area contributed by atoms with Gasteiger partial charge in [0, 0.05) is 24.9 Å². The second kappa shape index (κ2) is 4.97. The second-order valence-electron chi connectivity index (χ2n) is 5.81. The summed E-state index contributed by atoms with van der Waals surface area (Å²) in [7, 11) is -3.43. The molecule has 1 aromatic carbocycles. The molecule has 0 amide bonds. The standard InChI is InChI=1S/C15H19NO3S/c1-11-2-5-14(6-3-11)20(18,19)16-9-8-12-10-13(16)4-7-15(12)17/h2-3,5-6,12-13H,4,7-10H2,1H3/t12-,13-/m0/s1. The van der Waals surface area contributed by atoms with Crippen molar-refractivity contribution in [1.29, 1.82) is 0 Å². The van der Waals surface area contributed by atoms with Crippen LogP contribution in [0.15, 0.2) is 29.2 Å². The number of carbonyl (C=O) groups excluding carboxylic acids is 1. The Bertz CT molecular complexity index is 621. The lowest BCUT2D eigenvalue weighted by atomic mass is 9.80. The van der Waals surface area contributed by atoms with Crippen LogP contribution in [0.5, 0.6) is 0 Å². The molecule has 2 aliphatic rings. The number of sulfonamides is 1. The second-order valence-corrected chi connectivity index (χ2v) is 7.70. The molecule has 108 valence electrons. The lowest BCUT2D eigenvalue weighted by Crippen LogP contribution is -2.50. The molecule has 2 atom stereocenters. The average molecular weight is 293 g/mol. The monoisotopic (exact) mass is 293 g/mol. The van der Waals surface area contributed by atoms with Crippen LogP contribution in [0.2, 0.25) is 0 Å². The number of piperidine rings is 1. The number of hydrogen-bond acceptors (Lipinski definition) is 3. The van der Waals surface area contributed by atoms with E-state index in [0.717, 1.165) is 5.56 Å². The smallest absolute Gasteiger partial charge is 0.243 e. The molecule has 0 spiro atoms. The van der Waals surface area contributed by atoms with Crippen molar-refractivity contribution in [3.63, 3.8) is 0 Å². The molecule has 5 heteroatoms. The van der Waals surface area contributed by atoms with Crippen molar-refractivity contribution in [3.8, 4) is 0 Å². The molecule has 1 aliphatic carbocycles. The minimum atomic E-state index is -3.43. The maximum Gasteiger partial charge on any atom is 0.243 e. The number of carbonyl (C=O) groups is 1. The van der Waals surface area contributed by atoms with Crippen molar-refractivity contribution in [2.24, 2.45) is 5.92 Å². The van der Waals surface area contributed by atoms with Crippen LogP contribution in [0.25, 0.3) is 0 Å². The molecule has 0 aromatic heterocycles. The minimum Gasteiger partial charge on any atom is -0.299 e. The fraction of sp³-hybridized carbons (Fsp3) is 0.533. The summed E-state index contributed by atoms with van der Waals surface area (Å²) in [5.41, 5.74) is 1.05. The lowest BCUT2D eigenvalue weighted by Gasteiger charge is -2.41. The van der Waals surface area contributed by atoms with Gasteiger partial charge < -0.3 is 0 Å². The van der Waals surface area contributed by atoms with Gasteiger partial charge in [0.05, 0.1) is 4.90 Å². The lowest BCUT2D eigenvalue weighted by molar-refractivity contribution is -0.127. The first-order valence-electron chi connectivity index (χ1n) is 7.10. The summed E-state index contributed by atoms with van der Waals surface area (Å²) in [6.45, 7) is 2.41. The largest absolute Gasteiger partial charge is 0.299 e. The highest BCUT2D eigenvalue weighted by molar-refractivity contribution is 7.89. The van der Waals surface area contributed by atoms with E-state index < -0.39 is 10.0 Å². The van der Waals surface area contributed by atoms with Crippen LogP contribution in [-0.4, -0.2) is 31.1 Å². The van der Waals surface area contributed by atoms with Crippen molar-refractivity contribution in [2.75, 3.05) is 6.54 Å². The summed E-state index contributed by atoms with van der Waals surface area (Å²) in [4.78, 5) is 12.1. The van der Waals surface area contributed by atoms with Crippen molar-refractivity contribution < 1.29 is 13.2 Å². The number of benzene rings is 1. The highest BCUT2D eigenvalue weighted by Crippen LogP contribution is 2.35. The quantitative estimate of drug-likeness (QED) is 0.839. The number of aryl methyl sites for hydroxylation is 1. The Balaban J connectivity index is 1.88. The number of rotatable bonds is 2. The van der Waals surface area contributed by atoms with Crippen LogP contribution >= 0.6 is 0 Å². The van der Waals surface area contributed by atoms with Gasteiger partial charge in [-0.1, -0.05) is 17.7 Å². The molecule has 1 aromatic rings. The number of nitrogens with zero attached hydrogens (tertiary/aromatic N) is 1. The Labute approximate surface area is 119 Å². The Morgan fingerprint density at radius 1 is 1.15 bits per heavy atom. The third-order valence-electron chi connectivity index (χ3n) is 4.47. The predicted octanol–water partition coefficient (Wildman–Crippen LogP) is 2.13.